The molecule has 1 aliphatic heterocycles. The van der Waals surface area contributed by atoms with Crippen molar-refractivity contribution in [3.8, 4) is 0 Å². The minimum Gasteiger partial charge on any atom is -0.337 e. The highest BCUT2D eigenvalue weighted by Crippen LogP contribution is 2.23. The van der Waals surface area contributed by atoms with E-state index in [0.717, 1.165) is 43.6 Å². The summed E-state index contributed by atoms with van der Waals surface area (Å²) in [5, 5.41) is 0. The Kier molecular flexibility index (Phi) is 4.26. The zero-order valence-electron chi connectivity index (χ0n) is 14.6. The molecule has 128 valence electrons. The summed E-state index contributed by atoms with van der Waals surface area (Å²) in [5.41, 5.74) is 3.90. The average Bonchev–Trinajstić information content (AvgIpc) is 3.08. The van der Waals surface area contributed by atoms with Gasteiger partial charge in [0, 0.05) is 25.5 Å². The smallest absolute Gasteiger partial charge is 0.274 e. The van der Waals surface area contributed by atoms with E-state index in [1.807, 2.05) is 40.8 Å². The third-order valence-corrected chi connectivity index (χ3v) is 5.17. The van der Waals surface area contributed by atoms with Crippen molar-refractivity contribution >= 4 is 11.6 Å². The van der Waals surface area contributed by atoms with E-state index in [4.69, 9.17) is 0 Å². The number of likely N-dealkylation sites (tertiary alicyclic amines) is 1. The minimum absolute atomic E-state index is 0.0567. The van der Waals surface area contributed by atoms with Crippen LogP contribution in [0.2, 0.25) is 0 Å². The second-order valence-electron chi connectivity index (χ2n) is 6.97. The monoisotopic (exact) mass is 333 g/mol. The van der Waals surface area contributed by atoms with Crippen molar-refractivity contribution in [2.24, 2.45) is 5.92 Å². The number of carbonyl (C=O) groups excluding carboxylic acids is 1. The van der Waals surface area contributed by atoms with Crippen molar-refractivity contribution in [1.29, 1.82) is 0 Å². The van der Waals surface area contributed by atoms with Gasteiger partial charge in [-0.25, -0.2) is 4.98 Å². The maximum absolute atomic E-state index is 12.8. The Morgan fingerprint density at radius 3 is 2.60 bits per heavy atom. The summed E-state index contributed by atoms with van der Waals surface area (Å²) in [5.74, 6) is 0.719. The van der Waals surface area contributed by atoms with Crippen molar-refractivity contribution in [2.75, 3.05) is 13.1 Å². The molecule has 0 spiro atoms. The van der Waals surface area contributed by atoms with Crippen LogP contribution >= 0.6 is 0 Å². The molecule has 0 saturated carbocycles. The number of benzene rings is 1. The maximum Gasteiger partial charge on any atom is 0.274 e. The molecule has 4 heteroatoms. The van der Waals surface area contributed by atoms with Crippen LogP contribution in [0.5, 0.6) is 0 Å². The van der Waals surface area contributed by atoms with Crippen LogP contribution in [0, 0.1) is 12.8 Å². The van der Waals surface area contributed by atoms with Gasteiger partial charge in [0.15, 0.2) is 0 Å². The number of nitrogens with zero attached hydrogens (tertiary/aromatic N) is 3. The molecule has 4 nitrogen and oxygen atoms in total. The van der Waals surface area contributed by atoms with Gasteiger partial charge in [-0.3, -0.25) is 4.79 Å². The van der Waals surface area contributed by atoms with E-state index < -0.39 is 0 Å². The van der Waals surface area contributed by atoms with E-state index >= 15 is 0 Å². The van der Waals surface area contributed by atoms with Crippen LogP contribution in [-0.2, 0) is 6.42 Å². The molecular weight excluding hydrogens is 310 g/mol. The highest BCUT2D eigenvalue weighted by molar-refractivity contribution is 5.93. The zero-order chi connectivity index (χ0) is 17.2. The number of carbonyl (C=O) groups is 1. The second kappa shape index (κ2) is 6.71. The van der Waals surface area contributed by atoms with Crippen molar-refractivity contribution in [2.45, 2.75) is 26.2 Å². The van der Waals surface area contributed by atoms with E-state index in [1.165, 1.54) is 5.56 Å². The number of aromatic nitrogens is 2. The van der Waals surface area contributed by atoms with E-state index in [0.29, 0.717) is 11.6 Å². The molecule has 0 radical (unpaired) electrons. The Bertz CT molecular complexity index is 877. The molecule has 2 aromatic heterocycles. The van der Waals surface area contributed by atoms with Crippen molar-refractivity contribution in [3.05, 3.63) is 71.7 Å². The molecule has 1 aromatic carbocycles. The molecule has 1 amide bonds. The first-order valence-corrected chi connectivity index (χ1v) is 8.98. The molecule has 1 aliphatic rings. The fourth-order valence-corrected chi connectivity index (χ4v) is 3.71. The molecule has 1 saturated heterocycles. The molecule has 0 atom stereocenters. The van der Waals surface area contributed by atoms with Gasteiger partial charge in [0.2, 0.25) is 0 Å². The third-order valence-electron chi connectivity index (χ3n) is 5.17. The Hall–Kier alpha value is -2.62. The summed E-state index contributed by atoms with van der Waals surface area (Å²) in [7, 11) is 0. The summed E-state index contributed by atoms with van der Waals surface area (Å²) >= 11 is 0. The number of hydrogen-bond acceptors (Lipinski definition) is 2. The molecule has 3 aromatic rings. The van der Waals surface area contributed by atoms with Crippen LogP contribution < -0.4 is 0 Å². The molecule has 25 heavy (non-hydrogen) atoms. The number of amides is 1. The highest BCUT2D eigenvalue weighted by Gasteiger charge is 2.25. The van der Waals surface area contributed by atoms with Crippen LogP contribution in [0.1, 0.15) is 34.5 Å². The summed E-state index contributed by atoms with van der Waals surface area (Å²) in [6, 6.07) is 14.6. The quantitative estimate of drug-likeness (QED) is 0.732. The fourth-order valence-electron chi connectivity index (χ4n) is 3.71. The SMILES string of the molecule is Cc1cccn2cc(C(=O)N3CCC(Cc4ccccc4)CC3)nc12. The van der Waals surface area contributed by atoms with Crippen LogP contribution in [0.3, 0.4) is 0 Å². The molecular formula is C21H23N3O. The van der Waals surface area contributed by atoms with Gasteiger partial charge >= 0.3 is 0 Å². The lowest BCUT2D eigenvalue weighted by Gasteiger charge is -2.31. The number of fused-ring (bicyclic) bond motifs is 1. The van der Waals surface area contributed by atoms with Crippen molar-refractivity contribution < 1.29 is 4.79 Å². The summed E-state index contributed by atoms with van der Waals surface area (Å²) < 4.78 is 1.94. The van der Waals surface area contributed by atoms with Crippen molar-refractivity contribution in [3.63, 3.8) is 0 Å². The van der Waals surface area contributed by atoms with Gasteiger partial charge in [-0.05, 0) is 49.3 Å². The number of rotatable bonds is 3. The van der Waals surface area contributed by atoms with Gasteiger partial charge in [0.05, 0.1) is 0 Å². The van der Waals surface area contributed by atoms with E-state index in [2.05, 4.69) is 35.3 Å². The predicted octanol–water partition coefficient (Wildman–Crippen LogP) is 3.74. The first kappa shape index (κ1) is 15.9. The van der Waals surface area contributed by atoms with Crippen molar-refractivity contribution in [1.82, 2.24) is 14.3 Å². The topological polar surface area (TPSA) is 37.6 Å². The first-order chi connectivity index (χ1) is 12.2. The highest BCUT2D eigenvalue weighted by atomic mass is 16.2. The summed E-state index contributed by atoms with van der Waals surface area (Å²) in [4.78, 5) is 19.3. The van der Waals surface area contributed by atoms with Crippen LogP contribution in [-0.4, -0.2) is 33.3 Å². The summed E-state index contributed by atoms with van der Waals surface area (Å²) in [6.45, 7) is 3.66. The lowest BCUT2D eigenvalue weighted by atomic mass is 9.90. The average molecular weight is 333 g/mol. The number of aryl methyl sites for hydroxylation is 1. The number of imidazole rings is 1. The molecule has 0 unspecified atom stereocenters. The predicted molar refractivity (Wildman–Crippen MR) is 98.7 cm³/mol. The lowest BCUT2D eigenvalue weighted by Crippen LogP contribution is -2.39. The molecule has 0 N–H and O–H groups in total. The van der Waals surface area contributed by atoms with E-state index in [1.54, 1.807) is 0 Å². The largest absolute Gasteiger partial charge is 0.337 e. The Morgan fingerprint density at radius 2 is 1.88 bits per heavy atom. The maximum atomic E-state index is 12.8. The van der Waals surface area contributed by atoms with Gasteiger partial charge in [-0.1, -0.05) is 36.4 Å². The second-order valence-corrected chi connectivity index (χ2v) is 6.97. The third kappa shape index (κ3) is 3.29. The van der Waals surface area contributed by atoms with E-state index in [9.17, 15) is 4.79 Å². The molecule has 3 heterocycles. The normalized spacial score (nSPS) is 15.6. The Labute approximate surface area is 148 Å². The standard InChI is InChI=1S/C21H23N3O/c1-16-6-5-11-24-15-19(22-20(16)24)21(25)23-12-9-18(10-13-23)14-17-7-3-2-4-8-17/h2-8,11,15,18H,9-10,12-14H2,1H3. The van der Waals surface area contributed by atoms with Gasteiger partial charge in [0.1, 0.15) is 11.3 Å². The van der Waals surface area contributed by atoms with Gasteiger partial charge in [0.25, 0.3) is 5.91 Å². The van der Waals surface area contributed by atoms with Crippen LogP contribution in [0.4, 0.5) is 0 Å². The minimum atomic E-state index is 0.0567. The van der Waals surface area contributed by atoms with Gasteiger partial charge in [-0.2, -0.15) is 0 Å². The lowest BCUT2D eigenvalue weighted by molar-refractivity contribution is 0.0685. The van der Waals surface area contributed by atoms with E-state index in [-0.39, 0.29) is 5.91 Å². The Morgan fingerprint density at radius 1 is 1.12 bits per heavy atom. The summed E-state index contributed by atoms with van der Waals surface area (Å²) in [6.07, 6.45) is 7.02. The molecule has 1 fully saturated rings. The molecule has 0 aliphatic carbocycles. The van der Waals surface area contributed by atoms with Gasteiger partial charge in [-0.15, -0.1) is 0 Å². The fraction of sp³-hybridized carbons (Fsp3) is 0.333. The Balaban J connectivity index is 1.41. The van der Waals surface area contributed by atoms with Gasteiger partial charge < -0.3 is 9.30 Å². The molecule has 0 bridgehead atoms. The number of piperidine rings is 1. The zero-order valence-corrected chi connectivity index (χ0v) is 14.6. The number of pyridine rings is 1. The number of hydrogen-bond donors (Lipinski definition) is 0. The van der Waals surface area contributed by atoms with Crippen LogP contribution in [0.25, 0.3) is 5.65 Å². The first-order valence-electron chi connectivity index (χ1n) is 8.98. The van der Waals surface area contributed by atoms with Crippen LogP contribution in [0.15, 0.2) is 54.9 Å². The molecule has 4 rings (SSSR count).